The van der Waals surface area contributed by atoms with Crippen molar-refractivity contribution in [2.45, 2.75) is 13.8 Å². The van der Waals surface area contributed by atoms with Crippen molar-refractivity contribution in [2.75, 3.05) is 76.3 Å². The van der Waals surface area contributed by atoms with E-state index in [-0.39, 0.29) is 11.3 Å². The van der Waals surface area contributed by atoms with Gasteiger partial charge in [-0.1, -0.05) is 12.1 Å². The molecule has 39 heavy (non-hydrogen) atoms. The predicted octanol–water partition coefficient (Wildman–Crippen LogP) is 4.49. The Kier molecular flexibility index (Phi) is 5.83. The maximum atomic E-state index is 12.9. The first-order chi connectivity index (χ1) is 18.9. The Labute approximate surface area is 230 Å². The van der Waals surface area contributed by atoms with Gasteiger partial charge in [0.2, 0.25) is 0 Å². The second-order valence-corrected chi connectivity index (χ2v) is 12.0. The molecule has 5 heterocycles. The van der Waals surface area contributed by atoms with Crippen LogP contribution in [0.15, 0.2) is 42.6 Å². The summed E-state index contributed by atoms with van der Waals surface area (Å²) in [5.41, 5.74) is 11.0. The van der Waals surface area contributed by atoms with E-state index < -0.39 is 0 Å². The summed E-state index contributed by atoms with van der Waals surface area (Å²) in [7, 11) is 2.20. The highest BCUT2D eigenvalue weighted by Gasteiger charge is 2.50. The van der Waals surface area contributed by atoms with Gasteiger partial charge in [0, 0.05) is 74.4 Å². The fourth-order valence-electron chi connectivity index (χ4n) is 6.69. The zero-order valence-corrected chi connectivity index (χ0v) is 23.1. The van der Waals surface area contributed by atoms with Crippen molar-refractivity contribution in [3.05, 3.63) is 70.4 Å². The summed E-state index contributed by atoms with van der Waals surface area (Å²) in [6.45, 7) is 12.9. The van der Waals surface area contributed by atoms with E-state index >= 15 is 0 Å². The minimum Gasteiger partial charge on any atom is -0.380 e. The standard InChI is InChI=1S/C32H37N5O2/c1-21-12-25(13-22(2)29(21)36-10-8-35(3)9-11-36)26-14-27-28(16-34-30(27)33-15-26)23-4-6-24(7-5-23)31(38)37-17-32(18-37)19-39-20-32/h4-7,12-14,16,33-34H,8-11,15,17-20H2,1-3H3. The molecule has 0 saturated carbocycles. The van der Waals surface area contributed by atoms with Crippen LogP contribution in [0.2, 0.25) is 0 Å². The van der Waals surface area contributed by atoms with Gasteiger partial charge in [0.15, 0.2) is 0 Å². The minimum atomic E-state index is 0.116. The number of likely N-dealkylation sites (tertiary alicyclic amines) is 1. The van der Waals surface area contributed by atoms with Gasteiger partial charge in [-0.2, -0.15) is 0 Å². The normalized spacial score (nSPS) is 20.1. The molecule has 2 aromatic carbocycles. The number of likely N-dealkylation sites (N-methyl/N-ethyl adjacent to an activating group) is 1. The van der Waals surface area contributed by atoms with Gasteiger partial charge in [-0.3, -0.25) is 4.79 Å². The van der Waals surface area contributed by atoms with Gasteiger partial charge < -0.3 is 29.7 Å². The number of aromatic nitrogens is 1. The van der Waals surface area contributed by atoms with Crippen LogP contribution in [-0.2, 0) is 4.74 Å². The zero-order chi connectivity index (χ0) is 26.7. The molecule has 202 valence electrons. The molecule has 4 aliphatic rings. The Hall–Kier alpha value is -3.55. The van der Waals surface area contributed by atoms with Crippen molar-refractivity contribution in [3.63, 3.8) is 0 Å². The molecule has 3 aromatic rings. The van der Waals surface area contributed by atoms with E-state index in [9.17, 15) is 4.79 Å². The van der Waals surface area contributed by atoms with E-state index in [0.717, 1.165) is 81.5 Å². The number of hydrogen-bond acceptors (Lipinski definition) is 5. The number of ether oxygens (including phenoxy) is 1. The highest BCUT2D eigenvalue weighted by atomic mass is 16.5. The van der Waals surface area contributed by atoms with Crippen molar-refractivity contribution in [2.24, 2.45) is 5.41 Å². The smallest absolute Gasteiger partial charge is 0.253 e. The van der Waals surface area contributed by atoms with E-state index in [1.54, 1.807) is 0 Å². The monoisotopic (exact) mass is 523 g/mol. The van der Waals surface area contributed by atoms with Gasteiger partial charge in [-0.05, 0) is 79.1 Å². The maximum Gasteiger partial charge on any atom is 0.253 e. The van der Waals surface area contributed by atoms with Crippen LogP contribution in [0.4, 0.5) is 11.5 Å². The van der Waals surface area contributed by atoms with E-state index in [4.69, 9.17) is 4.74 Å². The number of nitrogens with zero attached hydrogens (tertiary/aromatic N) is 3. The van der Waals surface area contributed by atoms with Crippen molar-refractivity contribution in [3.8, 4) is 11.1 Å². The summed E-state index contributed by atoms with van der Waals surface area (Å²) in [6, 6.07) is 12.8. The summed E-state index contributed by atoms with van der Waals surface area (Å²) < 4.78 is 5.34. The van der Waals surface area contributed by atoms with Gasteiger partial charge >= 0.3 is 0 Å². The molecule has 1 spiro atoms. The first-order valence-electron chi connectivity index (χ1n) is 14.1. The fourth-order valence-corrected chi connectivity index (χ4v) is 6.69. The minimum absolute atomic E-state index is 0.116. The summed E-state index contributed by atoms with van der Waals surface area (Å²) in [6.07, 6.45) is 4.39. The molecular formula is C32H37N5O2. The number of benzene rings is 2. The third-order valence-corrected chi connectivity index (χ3v) is 8.97. The van der Waals surface area contributed by atoms with Crippen LogP contribution >= 0.6 is 0 Å². The first-order valence-corrected chi connectivity index (χ1v) is 14.1. The summed E-state index contributed by atoms with van der Waals surface area (Å²) >= 11 is 0. The first kappa shape index (κ1) is 24.5. The molecule has 3 fully saturated rings. The van der Waals surface area contributed by atoms with Crippen molar-refractivity contribution in [1.29, 1.82) is 0 Å². The van der Waals surface area contributed by atoms with Crippen LogP contribution in [0.25, 0.3) is 22.8 Å². The highest BCUT2D eigenvalue weighted by molar-refractivity contribution is 5.98. The van der Waals surface area contributed by atoms with Gasteiger partial charge in [0.25, 0.3) is 5.91 Å². The number of piperazine rings is 1. The van der Waals surface area contributed by atoms with Crippen LogP contribution < -0.4 is 10.2 Å². The lowest BCUT2D eigenvalue weighted by Gasteiger charge is -2.54. The Morgan fingerprint density at radius 2 is 1.64 bits per heavy atom. The largest absolute Gasteiger partial charge is 0.380 e. The molecule has 1 aromatic heterocycles. The predicted molar refractivity (Wildman–Crippen MR) is 157 cm³/mol. The van der Waals surface area contributed by atoms with Crippen LogP contribution in [0.1, 0.15) is 32.6 Å². The molecule has 1 amide bonds. The van der Waals surface area contributed by atoms with Gasteiger partial charge in [0.1, 0.15) is 5.82 Å². The van der Waals surface area contributed by atoms with Crippen LogP contribution in [0.5, 0.6) is 0 Å². The maximum absolute atomic E-state index is 12.9. The highest BCUT2D eigenvalue weighted by Crippen LogP contribution is 2.40. The van der Waals surface area contributed by atoms with Crippen molar-refractivity contribution >= 4 is 29.1 Å². The number of rotatable bonds is 4. The number of H-pyrrole nitrogens is 1. The quantitative estimate of drug-likeness (QED) is 0.528. The molecule has 7 nitrogen and oxygen atoms in total. The average molecular weight is 524 g/mol. The topological polar surface area (TPSA) is 63.8 Å². The molecule has 7 heteroatoms. The zero-order valence-electron chi connectivity index (χ0n) is 23.1. The molecule has 7 rings (SSSR count). The molecule has 0 bridgehead atoms. The lowest BCUT2D eigenvalue weighted by molar-refractivity contribution is -0.176. The second kappa shape index (κ2) is 9.28. The Morgan fingerprint density at radius 1 is 0.949 bits per heavy atom. The Balaban J connectivity index is 1.12. The van der Waals surface area contributed by atoms with Crippen LogP contribution in [-0.4, -0.2) is 86.8 Å². The average Bonchev–Trinajstić information content (AvgIpc) is 3.31. The lowest BCUT2D eigenvalue weighted by atomic mass is 9.78. The number of hydrogen-bond donors (Lipinski definition) is 2. The molecule has 3 saturated heterocycles. The summed E-state index contributed by atoms with van der Waals surface area (Å²) in [5, 5.41) is 3.59. The molecule has 0 radical (unpaired) electrons. The molecule has 2 N–H and O–H groups in total. The third-order valence-electron chi connectivity index (χ3n) is 8.97. The second-order valence-electron chi connectivity index (χ2n) is 12.0. The lowest BCUT2D eigenvalue weighted by Crippen LogP contribution is -2.67. The number of aromatic amines is 1. The van der Waals surface area contributed by atoms with Crippen molar-refractivity contribution in [1.82, 2.24) is 14.8 Å². The number of carbonyl (C=O) groups is 1. The van der Waals surface area contributed by atoms with Crippen molar-refractivity contribution < 1.29 is 9.53 Å². The van der Waals surface area contributed by atoms with Gasteiger partial charge in [0.05, 0.1) is 18.6 Å². The van der Waals surface area contributed by atoms with E-state index in [1.807, 2.05) is 17.0 Å². The molecule has 0 unspecified atom stereocenters. The Morgan fingerprint density at radius 3 is 2.28 bits per heavy atom. The SMILES string of the molecule is Cc1cc(C2=Cc3c(-c4ccc(C(=O)N5CC6(COC6)C5)cc4)c[nH]c3NC2)cc(C)c1N1CCN(C)CC1. The number of fused-ring (bicyclic) bond motifs is 1. The molecule has 0 aliphatic carbocycles. The number of carbonyl (C=O) groups excluding carboxylic acids is 1. The summed E-state index contributed by atoms with van der Waals surface area (Å²) in [4.78, 5) is 23.2. The number of amides is 1. The van der Waals surface area contributed by atoms with E-state index in [2.05, 4.69) is 77.5 Å². The third kappa shape index (κ3) is 4.24. The van der Waals surface area contributed by atoms with E-state index in [1.165, 1.54) is 33.5 Å². The van der Waals surface area contributed by atoms with Crippen LogP contribution in [0.3, 0.4) is 0 Å². The number of aryl methyl sites for hydroxylation is 2. The molecule has 0 atom stereocenters. The van der Waals surface area contributed by atoms with E-state index in [0.29, 0.717) is 0 Å². The fraction of sp³-hybridized carbons (Fsp3) is 0.406. The number of nitrogens with one attached hydrogen (secondary N) is 2. The summed E-state index contributed by atoms with van der Waals surface area (Å²) in [5.74, 6) is 1.16. The van der Waals surface area contributed by atoms with Gasteiger partial charge in [-0.15, -0.1) is 0 Å². The van der Waals surface area contributed by atoms with Gasteiger partial charge in [-0.25, -0.2) is 0 Å². The molecular weight excluding hydrogens is 486 g/mol. The van der Waals surface area contributed by atoms with Crippen LogP contribution in [0, 0.1) is 19.3 Å². The Bertz CT molecular complexity index is 1430. The number of anilines is 2. The molecule has 4 aliphatic heterocycles.